The summed E-state index contributed by atoms with van der Waals surface area (Å²) in [5, 5.41) is 0. The van der Waals surface area contributed by atoms with Crippen LogP contribution < -0.4 is 9.47 Å². The van der Waals surface area contributed by atoms with E-state index in [0.717, 1.165) is 24.3 Å². The third-order valence-corrected chi connectivity index (χ3v) is 5.38. The lowest BCUT2D eigenvalue weighted by molar-refractivity contribution is 0.0317. The van der Waals surface area contributed by atoms with Crippen LogP contribution in [0.4, 0.5) is 8.78 Å². The van der Waals surface area contributed by atoms with Crippen LogP contribution in [0.2, 0.25) is 0 Å². The molecule has 0 aliphatic carbocycles. The van der Waals surface area contributed by atoms with E-state index in [9.17, 15) is 26.8 Å². The average Bonchev–Trinajstić information content (AvgIpc) is 2.72. The highest BCUT2D eigenvalue weighted by Crippen LogP contribution is 2.26. The fourth-order valence-corrected chi connectivity index (χ4v) is 3.11. The molecule has 2 aromatic rings. The lowest BCUT2D eigenvalue weighted by Crippen LogP contribution is -2.25. The maximum Gasteiger partial charge on any atom is 0.341 e. The third kappa shape index (κ3) is 4.89. The Bertz CT molecular complexity index is 1000. The molecule has 0 aliphatic heterocycles. The van der Waals surface area contributed by atoms with Crippen LogP contribution in [0.1, 0.15) is 27.6 Å². The van der Waals surface area contributed by atoms with Crippen molar-refractivity contribution in [3.05, 3.63) is 53.6 Å². The number of ether oxygens (including phenoxy) is 3. The van der Waals surface area contributed by atoms with E-state index in [1.807, 2.05) is 0 Å². The number of halogens is 2. The molecule has 0 aliphatic rings. The quantitative estimate of drug-likeness (QED) is 0.471. The summed E-state index contributed by atoms with van der Waals surface area (Å²) in [6, 6.07) is 8.32. The van der Waals surface area contributed by atoms with Gasteiger partial charge in [-0.3, -0.25) is 4.79 Å². The molecule has 1 atom stereocenters. The summed E-state index contributed by atoms with van der Waals surface area (Å²) >= 11 is 0. The Balaban J connectivity index is 2.15. The summed E-state index contributed by atoms with van der Waals surface area (Å²) in [4.78, 5) is 24.2. The van der Waals surface area contributed by atoms with E-state index in [1.54, 1.807) is 6.07 Å². The number of ketones is 1. The maximum absolute atomic E-state index is 12.6. The molecule has 10 heteroatoms. The lowest BCUT2D eigenvalue weighted by atomic mass is 10.1. The van der Waals surface area contributed by atoms with E-state index in [0.29, 0.717) is 5.75 Å². The highest BCUT2D eigenvalue weighted by Gasteiger charge is 2.27. The maximum atomic E-state index is 12.6. The summed E-state index contributed by atoms with van der Waals surface area (Å²) in [5.41, 5.74) is 0.0755. The molecule has 0 heterocycles. The highest BCUT2D eigenvalue weighted by atomic mass is 32.2. The number of carbonyl (C=O) groups excluding carboxylic acids is 2. The second-order valence-corrected chi connectivity index (χ2v) is 7.73. The van der Waals surface area contributed by atoms with Crippen molar-refractivity contribution in [2.45, 2.75) is 23.7 Å². The molecule has 0 radical (unpaired) electrons. The van der Waals surface area contributed by atoms with Crippen molar-refractivity contribution in [3.8, 4) is 11.5 Å². The molecule has 0 saturated carbocycles. The van der Waals surface area contributed by atoms with Crippen molar-refractivity contribution in [2.75, 3.05) is 14.2 Å². The fraction of sp³-hybridized carbons (Fsp3) is 0.263. The van der Waals surface area contributed by atoms with E-state index < -0.39 is 38.3 Å². The van der Waals surface area contributed by atoms with Crippen molar-refractivity contribution in [1.82, 2.24) is 0 Å². The molecule has 0 unspecified atom stereocenters. The van der Waals surface area contributed by atoms with Gasteiger partial charge in [-0.05, 0) is 43.3 Å². The SMILES string of the molecule is COc1ccc(C(=O)[C@H](C)OC(=O)c2ccc(S(=O)(=O)C(F)F)cc2)c(OC)c1. The minimum Gasteiger partial charge on any atom is -0.497 e. The molecule has 0 N–H and O–H groups in total. The number of Topliss-reactive ketones (excluding diaryl/α,β-unsaturated/α-hetero) is 1. The van der Waals surface area contributed by atoms with Crippen LogP contribution in [0, 0.1) is 0 Å². The van der Waals surface area contributed by atoms with Crippen LogP contribution >= 0.6 is 0 Å². The zero-order valence-corrected chi connectivity index (χ0v) is 16.5. The number of benzene rings is 2. The van der Waals surface area contributed by atoms with Gasteiger partial charge >= 0.3 is 11.7 Å². The van der Waals surface area contributed by atoms with Crippen molar-refractivity contribution < 1.29 is 41.0 Å². The Morgan fingerprint density at radius 1 is 0.966 bits per heavy atom. The number of alkyl halides is 2. The zero-order chi connectivity index (χ0) is 21.8. The summed E-state index contributed by atoms with van der Waals surface area (Å²) in [6.07, 6.45) is -1.19. The van der Waals surface area contributed by atoms with Gasteiger partial charge in [0.25, 0.3) is 0 Å². The summed E-state index contributed by atoms with van der Waals surface area (Å²) in [5.74, 6) is -4.31. The first-order chi connectivity index (χ1) is 13.6. The molecule has 0 amide bonds. The molecular formula is C19H18F2O7S. The van der Waals surface area contributed by atoms with Gasteiger partial charge in [0.15, 0.2) is 6.10 Å². The van der Waals surface area contributed by atoms with Gasteiger partial charge in [0.05, 0.1) is 30.2 Å². The van der Waals surface area contributed by atoms with Gasteiger partial charge in [0.1, 0.15) is 11.5 Å². The van der Waals surface area contributed by atoms with Crippen LogP contribution in [0.15, 0.2) is 47.4 Å². The number of carbonyl (C=O) groups is 2. The van der Waals surface area contributed by atoms with Crippen LogP contribution in [0.3, 0.4) is 0 Å². The molecule has 2 aromatic carbocycles. The third-order valence-electron chi connectivity index (χ3n) is 3.98. The number of esters is 1. The van der Waals surface area contributed by atoms with Crippen LogP contribution in [-0.4, -0.2) is 46.3 Å². The van der Waals surface area contributed by atoms with Gasteiger partial charge in [-0.25, -0.2) is 13.2 Å². The highest BCUT2D eigenvalue weighted by molar-refractivity contribution is 7.91. The molecular weight excluding hydrogens is 410 g/mol. The van der Waals surface area contributed by atoms with Gasteiger partial charge < -0.3 is 14.2 Å². The Labute approximate surface area is 166 Å². The average molecular weight is 428 g/mol. The van der Waals surface area contributed by atoms with Gasteiger partial charge in [-0.15, -0.1) is 0 Å². The van der Waals surface area contributed by atoms with E-state index >= 15 is 0 Å². The van der Waals surface area contributed by atoms with E-state index in [4.69, 9.17) is 14.2 Å². The van der Waals surface area contributed by atoms with Gasteiger partial charge in [0.2, 0.25) is 15.6 Å². The standard InChI is InChI=1S/C19H18F2O7S/c1-11(17(22)15-9-6-13(26-2)10-16(15)27-3)28-18(23)12-4-7-14(8-5-12)29(24,25)19(20)21/h4-11,19H,1-3H3/t11-/m0/s1. The normalized spacial score (nSPS) is 12.3. The lowest BCUT2D eigenvalue weighted by Gasteiger charge is -2.15. The molecule has 0 bridgehead atoms. The predicted octanol–water partition coefficient (Wildman–Crippen LogP) is 3.13. The molecule has 29 heavy (non-hydrogen) atoms. The van der Waals surface area contributed by atoms with E-state index in [1.165, 1.54) is 33.3 Å². The molecule has 0 spiro atoms. The van der Waals surface area contributed by atoms with Crippen molar-refractivity contribution >= 4 is 21.6 Å². The van der Waals surface area contributed by atoms with Crippen LogP contribution in [-0.2, 0) is 14.6 Å². The van der Waals surface area contributed by atoms with Gasteiger partial charge in [-0.2, -0.15) is 8.78 Å². The Morgan fingerprint density at radius 3 is 2.10 bits per heavy atom. The largest absolute Gasteiger partial charge is 0.497 e. The van der Waals surface area contributed by atoms with Crippen LogP contribution in [0.5, 0.6) is 11.5 Å². The number of hydrogen-bond donors (Lipinski definition) is 0. The minimum absolute atomic E-state index is 0.0976. The molecule has 7 nitrogen and oxygen atoms in total. The molecule has 156 valence electrons. The number of methoxy groups -OCH3 is 2. The minimum atomic E-state index is -4.77. The Hall–Kier alpha value is -3.01. The Morgan fingerprint density at radius 2 is 1.59 bits per heavy atom. The fourth-order valence-electron chi connectivity index (χ4n) is 2.39. The molecule has 0 saturated heterocycles. The first-order valence-electron chi connectivity index (χ1n) is 8.21. The summed E-state index contributed by atoms with van der Waals surface area (Å²) in [6.45, 7) is 1.36. The number of hydrogen-bond acceptors (Lipinski definition) is 7. The molecule has 0 aromatic heterocycles. The second kappa shape index (κ2) is 8.99. The summed E-state index contributed by atoms with van der Waals surface area (Å²) < 4.78 is 63.2. The number of sulfone groups is 1. The van der Waals surface area contributed by atoms with E-state index in [2.05, 4.69) is 0 Å². The predicted molar refractivity (Wildman–Crippen MR) is 98.4 cm³/mol. The van der Waals surface area contributed by atoms with Crippen molar-refractivity contribution in [2.24, 2.45) is 0 Å². The smallest absolute Gasteiger partial charge is 0.341 e. The Kier molecular flexibility index (Phi) is 6.91. The van der Waals surface area contributed by atoms with Crippen molar-refractivity contribution in [3.63, 3.8) is 0 Å². The summed E-state index contributed by atoms with van der Waals surface area (Å²) in [7, 11) is -1.94. The molecule has 2 rings (SSSR count). The van der Waals surface area contributed by atoms with Crippen LogP contribution in [0.25, 0.3) is 0 Å². The van der Waals surface area contributed by atoms with Gasteiger partial charge in [-0.1, -0.05) is 0 Å². The second-order valence-electron chi connectivity index (χ2n) is 5.81. The zero-order valence-electron chi connectivity index (χ0n) is 15.7. The van der Waals surface area contributed by atoms with Crippen molar-refractivity contribution in [1.29, 1.82) is 0 Å². The first kappa shape index (κ1) is 22.3. The van der Waals surface area contributed by atoms with Gasteiger partial charge in [0, 0.05) is 6.07 Å². The monoisotopic (exact) mass is 428 g/mol. The van der Waals surface area contributed by atoms with E-state index in [-0.39, 0.29) is 16.9 Å². The topological polar surface area (TPSA) is 96.0 Å². The number of rotatable bonds is 8. The first-order valence-corrected chi connectivity index (χ1v) is 9.75. The molecule has 0 fully saturated rings.